The summed E-state index contributed by atoms with van der Waals surface area (Å²) < 4.78 is 9.17. The molecule has 0 amide bonds. The minimum atomic E-state index is -0.468. The lowest BCUT2D eigenvalue weighted by Crippen LogP contribution is -2.46. The molecule has 4 rings (SSSR count). The van der Waals surface area contributed by atoms with Crippen molar-refractivity contribution in [1.29, 1.82) is 0 Å². The van der Waals surface area contributed by atoms with E-state index < -0.39 is 11.2 Å². The Bertz CT molecular complexity index is 1190. The number of nitrogens with one attached hydrogen (secondary N) is 1. The van der Waals surface area contributed by atoms with Crippen molar-refractivity contribution in [3.63, 3.8) is 0 Å². The predicted molar refractivity (Wildman–Crippen MR) is 120 cm³/mol. The van der Waals surface area contributed by atoms with Crippen molar-refractivity contribution in [2.75, 3.05) is 23.7 Å². The van der Waals surface area contributed by atoms with E-state index in [1.807, 2.05) is 31.4 Å². The first-order valence-electron chi connectivity index (χ1n) is 10.4. The Labute approximate surface area is 183 Å². The summed E-state index contributed by atoms with van der Waals surface area (Å²) in [6, 6.07) is 1.87. The van der Waals surface area contributed by atoms with Gasteiger partial charge in [0, 0.05) is 44.3 Å². The van der Waals surface area contributed by atoms with E-state index in [2.05, 4.69) is 19.9 Å². The fourth-order valence-electron chi connectivity index (χ4n) is 3.90. The molecule has 0 aromatic carbocycles. The van der Waals surface area contributed by atoms with Crippen LogP contribution in [-0.2, 0) is 18.3 Å². The van der Waals surface area contributed by atoms with Gasteiger partial charge in [-0.05, 0) is 33.3 Å². The van der Waals surface area contributed by atoms with Gasteiger partial charge in [-0.25, -0.2) is 14.8 Å². The van der Waals surface area contributed by atoms with Crippen molar-refractivity contribution in [3.8, 4) is 0 Å². The number of anilines is 1. The molecule has 11 heteroatoms. The van der Waals surface area contributed by atoms with Crippen LogP contribution in [0.25, 0.3) is 11.2 Å². The number of H-pyrrole nitrogens is 1. The number of nitrogens with zero attached hydrogens (tertiary/aromatic N) is 6. The average Bonchev–Trinajstić information content (AvgIpc) is 3.09. The third-order valence-corrected chi connectivity index (χ3v) is 6.17. The second-order valence-corrected chi connectivity index (χ2v) is 8.96. The van der Waals surface area contributed by atoms with Gasteiger partial charge >= 0.3 is 5.69 Å². The highest BCUT2D eigenvalue weighted by Gasteiger charge is 2.28. The van der Waals surface area contributed by atoms with E-state index in [1.165, 1.54) is 4.57 Å². The number of thioether (sulfide) groups is 1. The minimum Gasteiger partial charge on any atom is -0.372 e. The monoisotopic (exact) mass is 445 g/mol. The summed E-state index contributed by atoms with van der Waals surface area (Å²) >= 11 is 1.58. The van der Waals surface area contributed by atoms with E-state index in [9.17, 15) is 9.59 Å². The van der Waals surface area contributed by atoms with Gasteiger partial charge in [0.25, 0.3) is 5.56 Å². The van der Waals surface area contributed by atoms with Crippen LogP contribution in [0.3, 0.4) is 0 Å². The molecule has 0 spiro atoms. The highest BCUT2D eigenvalue weighted by molar-refractivity contribution is 7.99. The molecule has 31 heavy (non-hydrogen) atoms. The number of ether oxygens (including phenoxy) is 1. The number of aromatic amines is 1. The Morgan fingerprint density at radius 1 is 1.23 bits per heavy atom. The van der Waals surface area contributed by atoms with Gasteiger partial charge in [0.15, 0.2) is 16.3 Å². The average molecular weight is 446 g/mol. The SMILES string of the molecule is Cc1ccnc(SCCCn2c(N3C[C@@H](C)O[C@@H](C)C3)nc3c2c(=O)[nH]c(=O)n3C)n1. The number of aryl methyl sites for hydroxylation is 3. The van der Waals surface area contributed by atoms with Gasteiger partial charge in [-0.2, -0.15) is 4.98 Å². The van der Waals surface area contributed by atoms with E-state index >= 15 is 0 Å². The largest absolute Gasteiger partial charge is 0.372 e. The first-order valence-corrected chi connectivity index (χ1v) is 11.3. The molecular weight excluding hydrogens is 418 g/mol. The van der Waals surface area contributed by atoms with Gasteiger partial charge in [0.1, 0.15) is 0 Å². The van der Waals surface area contributed by atoms with Crippen molar-refractivity contribution in [2.24, 2.45) is 7.05 Å². The van der Waals surface area contributed by atoms with Crippen molar-refractivity contribution >= 4 is 28.9 Å². The van der Waals surface area contributed by atoms with Gasteiger partial charge in [-0.15, -0.1) is 0 Å². The normalized spacial score (nSPS) is 19.3. The van der Waals surface area contributed by atoms with Gasteiger partial charge in [0.2, 0.25) is 5.95 Å². The van der Waals surface area contributed by atoms with Gasteiger partial charge in [0.05, 0.1) is 12.2 Å². The molecule has 0 saturated carbocycles. The Kier molecular flexibility index (Phi) is 6.15. The Hall–Kier alpha value is -2.66. The summed E-state index contributed by atoms with van der Waals surface area (Å²) in [4.78, 5) is 42.8. The molecule has 1 saturated heterocycles. The standard InChI is InChI=1S/C20H27N7O3S/c1-12-6-7-21-18(22-12)31-9-5-8-27-15-16(25(4)20(29)24-17(15)28)23-19(27)26-10-13(2)30-14(3)11-26/h6-7,13-14H,5,8-11H2,1-4H3,(H,24,28,29)/t13-,14+. The number of hydrogen-bond acceptors (Lipinski definition) is 8. The Morgan fingerprint density at radius 2 is 1.97 bits per heavy atom. The maximum absolute atomic E-state index is 12.7. The molecule has 1 N–H and O–H groups in total. The van der Waals surface area contributed by atoms with E-state index in [0.29, 0.717) is 36.7 Å². The lowest BCUT2D eigenvalue weighted by molar-refractivity contribution is -0.00588. The first-order chi connectivity index (χ1) is 14.8. The Morgan fingerprint density at radius 3 is 2.68 bits per heavy atom. The molecule has 3 aromatic heterocycles. The topological polar surface area (TPSA) is 111 Å². The summed E-state index contributed by atoms with van der Waals surface area (Å²) in [5.74, 6) is 1.49. The molecule has 1 aliphatic heterocycles. The van der Waals surface area contributed by atoms with E-state index in [4.69, 9.17) is 9.72 Å². The van der Waals surface area contributed by atoms with Gasteiger partial charge in [-0.1, -0.05) is 11.8 Å². The van der Waals surface area contributed by atoms with E-state index in [1.54, 1.807) is 25.0 Å². The highest BCUT2D eigenvalue weighted by Crippen LogP contribution is 2.24. The number of imidazole rings is 1. The van der Waals surface area contributed by atoms with Crippen LogP contribution in [0.1, 0.15) is 26.0 Å². The molecular formula is C20H27N7O3S. The number of fused-ring (bicyclic) bond motifs is 1. The molecule has 0 radical (unpaired) electrons. The summed E-state index contributed by atoms with van der Waals surface area (Å²) in [5, 5.41) is 0.742. The zero-order chi connectivity index (χ0) is 22.1. The zero-order valence-electron chi connectivity index (χ0n) is 18.2. The molecule has 1 fully saturated rings. The number of morpholine rings is 1. The maximum atomic E-state index is 12.7. The van der Waals surface area contributed by atoms with Crippen LogP contribution >= 0.6 is 11.8 Å². The van der Waals surface area contributed by atoms with Crippen LogP contribution in [0, 0.1) is 6.92 Å². The van der Waals surface area contributed by atoms with Crippen molar-refractivity contribution in [3.05, 3.63) is 38.8 Å². The Balaban J connectivity index is 1.64. The fourth-order valence-corrected chi connectivity index (χ4v) is 4.70. The third kappa shape index (κ3) is 4.52. The van der Waals surface area contributed by atoms with Crippen molar-refractivity contribution in [1.82, 2.24) is 29.1 Å². The molecule has 10 nitrogen and oxygen atoms in total. The molecule has 3 aromatic rings. The van der Waals surface area contributed by atoms with Crippen LogP contribution < -0.4 is 16.1 Å². The number of hydrogen-bond donors (Lipinski definition) is 1. The van der Waals surface area contributed by atoms with Gasteiger partial charge in [-0.3, -0.25) is 14.3 Å². The van der Waals surface area contributed by atoms with Crippen LogP contribution in [0.2, 0.25) is 0 Å². The molecule has 0 unspecified atom stereocenters. The molecule has 2 atom stereocenters. The van der Waals surface area contributed by atoms with E-state index in [0.717, 1.165) is 23.0 Å². The van der Waals surface area contributed by atoms with Crippen LogP contribution in [-0.4, -0.2) is 60.1 Å². The van der Waals surface area contributed by atoms with Crippen LogP contribution in [0.4, 0.5) is 5.95 Å². The van der Waals surface area contributed by atoms with Crippen LogP contribution in [0.15, 0.2) is 27.0 Å². The van der Waals surface area contributed by atoms with E-state index in [-0.39, 0.29) is 12.2 Å². The smallest absolute Gasteiger partial charge is 0.329 e. The fraction of sp³-hybridized carbons (Fsp3) is 0.550. The van der Waals surface area contributed by atoms with Gasteiger partial charge < -0.3 is 14.2 Å². The summed E-state index contributed by atoms with van der Waals surface area (Å²) in [6.45, 7) is 7.92. The summed E-state index contributed by atoms with van der Waals surface area (Å²) in [7, 11) is 1.62. The van der Waals surface area contributed by atoms with Crippen LogP contribution in [0.5, 0.6) is 0 Å². The summed E-state index contributed by atoms with van der Waals surface area (Å²) in [5.41, 5.74) is 0.861. The van der Waals surface area contributed by atoms with Crippen molar-refractivity contribution in [2.45, 2.75) is 51.1 Å². The quantitative estimate of drug-likeness (QED) is 0.344. The summed E-state index contributed by atoms with van der Waals surface area (Å²) in [6.07, 6.45) is 2.65. The number of aromatic nitrogens is 6. The molecule has 166 valence electrons. The molecule has 1 aliphatic rings. The maximum Gasteiger partial charge on any atom is 0.329 e. The zero-order valence-corrected chi connectivity index (χ0v) is 19.0. The minimum absolute atomic E-state index is 0.0492. The number of rotatable bonds is 6. The lowest BCUT2D eigenvalue weighted by atomic mass is 10.2. The highest BCUT2D eigenvalue weighted by atomic mass is 32.2. The predicted octanol–water partition coefficient (Wildman–Crippen LogP) is 1.32. The second kappa shape index (κ2) is 8.83. The molecule has 0 bridgehead atoms. The second-order valence-electron chi connectivity index (χ2n) is 7.90. The third-order valence-electron chi connectivity index (χ3n) is 5.22. The lowest BCUT2D eigenvalue weighted by Gasteiger charge is -2.36. The molecule has 0 aliphatic carbocycles. The molecule has 4 heterocycles. The van der Waals surface area contributed by atoms with Crippen molar-refractivity contribution < 1.29 is 4.74 Å². The first kappa shape index (κ1) is 21.6.